The molecule has 5 heteroatoms. The zero-order valence-corrected chi connectivity index (χ0v) is 12.8. The molecule has 0 aromatic carbocycles. The number of hydrogen-bond donors (Lipinski definition) is 1. The molecular weight excluding hydrogens is 312 g/mol. The number of aryl methyl sites for hydroxylation is 1. The Balaban J connectivity index is 1.93. The third kappa shape index (κ3) is 3.46. The number of halogens is 1. The van der Waals surface area contributed by atoms with Gasteiger partial charge in [0.15, 0.2) is 0 Å². The number of anilines is 1. The summed E-state index contributed by atoms with van der Waals surface area (Å²) in [5.74, 6) is 0.665. The normalized spacial score (nSPS) is 10.4. The first-order valence-corrected chi connectivity index (χ1v) is 7.37. The summed E-state index contributed by atoms with van der Waals surface area (Å²) >= 11 is 5.31. The molecule has 0 aliphatic heterocycles. The van der Waals surface area contributed by atoms with Gasteiger partial charge in [-0.15, -0.1) is 11.3 Å². The molecule has 0 unspecified atom stereocenters. The molecule has 0 bridgehead atoms. The van der Waals surface area contributed by atoms with Crippen LogP contribution in [0.1, 0.15) is 16.7 Å². The molecule has 0 amide bonds. The second kappa shape index (κ2) is 6.20. The zero-order chi connectivity index (χ0) is 13.0. The Kier molecular flexibility index (Phi) is 4.60. The Morgan fingerprint density at radius 2 is 2.28 bits per heavy atom. The van der Waals surface area contributed by atoms with Gasteiger partial charge in [-0.1, -0.05) is 0 Å². The predicted octanol–water partition coefficient (Wildman–Crippen LogP) is 4.22. The van der Waals surface area contributed by atoms with Gasteiger partial charge < -0.3 is 10.1 Å². The van der Waals surface area contributed by atoms with Gasteiger partial charge in [0.2, 0.25) is 5.88 Å². The molecule has 3 nitrogen and oxygen atoms in total. The largest absolute Gasteiger partial charge is 0.478 e. The Labute approximate surface area is 119 Å². The van der Waals surface area contributed by atoms with Crippen LogP contribution in [0.25, 0.3) is 0 Å². The minimum atomic E-state index is 0.641. The van der Waals surface area contributed by atoms with Gasteiger partial charge in [-0.05, 0) is 41.9 Å². The molecule has 18 heavy (non-hydrogen) atoms. The highest BCUT2D eigenvalue weighted by atomic mass is 79.9. The van der Waals surface area contributed by atoms with Crippen LogP contribution in [-0.2, 0) is 6.54 Å². The lowest BCUT2D eigenvalue weighted by atomic mass is 10.4. The van der Waals surface area contributed by atoms with E-state index < -0.39 is 0 Å². The number of thiophene rings is 1. The van der Waals surface area contributed by atoms with Gasteiger partial charge >= 0.3 is 0 Å². The van der Waals surface area contributed by atoms with Crippen molar-refractivity contribution in [3.8, 4) is 5.88 Å². The average Bonchev–Trinajstić information content (AvgIpc) is 2.68. The van der Waals surface area contributed by atoms with E-state index in [9.17, 15) is 0 Å². The maximum atomic E-state index is 5.30. The molecule has 96 valence electrons. The van der Waals surface area contributed by atoms with Gasteiger partial charge in [0.25, 0.3) is 0 Å². The lowest BCUT2D eigenvalue weighted by Gasteiger charge is -2.05. The van der Waals surface area contributed by atoms with Crippen LogP contribution in [0.3, 0.4) is 0 Å². The molecule has 1 N–H and O–H groups in total. The first-order valence-electron chi connectivity index (χ1n) is 5.76. The van der Waals surface area contributed by atoms with Gasteiger partial charge in [0.1, 0.15) is 0 Å². The fraction of sp³-hybridized carbons (Fsp3) is 0.308. The van der Waals surface area contributed by atoms with Crippen LogP contribution < -0.4 is 10.1 Å². The van der Waals surface area contributed by atoms with Gasteiger partial charge in [0.05, 0.1) is 18.5 Å². The van der Waals surface area contributed by atoms with Crippen molar-refractivity contribution in [2.75, 3.05) is 11.9 Å². The quantitative estimate of drug-likeness (QED) is 0.892. The molecule has 0 saturated heterocycles. The molecule has 0 aliphatic rings. The van der Waals surface area contributed by atoms with Crippen molar-refractivity contribution in [1.29, 1.82) is 0 Å². The van der Waals surface area contributed by atoms with Crippen molar-refractivity contribution in [3.63, 3.8) is 0 Å². The van der Waals surface area contributed by atoms with E-state index >= 15 is 0 Å². The molecule has 0 spiro atoms. The predicted molar refractivity (Wildman–Crippen MR) is 79.5 cm³/mol. The van der Waals surface area contributed by atoms with E-state index in [1.165, 1.54) is 14.2 Å². The van der Waals surface area contributed by atoms with Crippen LogP contribution in [0.15, 0.2) is 28.9 Å². The standard InChI is InChI=1S/C13H15BrN2OS/c1-3-17-13-5-4-10(7-16-13)15-8-11-6-12(14)9(2)18-11/h4-7,15H,3,8H2,1-2H3. The Morgan fingerprint density at radius 1 is 1.44 bits per heavy atom. The van der Waals surface area contributed by atoms with Gasteiger partial charge in [0, 0.05) is 26.8 Å². The van der Waals surface area contributed by atoms with Crippen molar-refractivity contribution in [3.05, 3.63) is 38.6 Å². The number of hydrogen-bond acceptors (Lipinski definition) is 4. The molecule has 0 radical (unpaired) electrons. The molecule has 2 aromatic heterocycles. The smallest absolute Gasteiger partial charge is 0.213 e. The van der Waals surface area contributed by atoms with Crippen LogP contribution in [-0.4, -0.2) is 11.6 Å². The summed E-state index contributed by atoms with van der Waals surface area (Å²) in [4.78, 5) is 6.81. The van der Waals surface area contributed by atoms with E-state index in [4.69, 9.17) is 4.74 Å². The first-order chi connectivity index (χ1) is 8.69. The third-order valence-electron chi connectivity index (χ3n) is 2.40. The van der Waals surface area contributed by atoms with E-state index in [-0.39, 0.29) is 0 Å². The van der Waals surface area contributed by atoms with Crippen molar-refractivity contribution < 1.29 is 4.74 Å². The highest BCUT2D eigenvalue weighted by Crippen LogP contribution is 2.26. The number of ether oxygens (including phenoxy) is 1. The summed E-state index contributed by atoms with van der Waals surface area (Å²) in [6.07, 6.45) is 1.79. The summed E-state index contributed by atoms with van der Waals surface area (Å²) < 4.78 is 6.47. The number of pyridine rings is 1. The van der Waals surface area contributed by atoms with Gasteiger partial charge in [-0.25, -0.2) is 4.98 Å². The Hall–Kier alpha value is -1.07. The topological polar surface area (TPSA) is 34.1 Å². The van der Waals surface area contributed by atoms with Gasteiger partial charge in [-0.2, -0.15) is 0 Å². The van der Waals surface area contributed by atoms with Crippen molar-refractivity contribution >= 4 is 33.0 Å². The number of rotatable bonds is 5. The maximum Gasteiger partial charge on any atom is 0.213 e. The minimum Gasteiger partial charge on any atom is -0.478 e. The van der Waals surface area contributed by atoms with Crippen molar-refractivity contribution in [1.82, 2.24) is 4.98 Å². The Morgan fingerprint density at radius 3 is 2.83 bits per heavy atom. The zero-order valence-electron chi connectivity index (χ0n) is 10.4. The second-order valence-corrected chi connectivity index (χ2v) is 5.98. The number of aromatic nitrogens is 1. The van der Waals surface area contributed by atoms with Crippen molar-refractivity contribution in [2.45, 2.75) is 20.4 Å². The fourth-order valence-electron chi connectivity index (χ4n) is 1.51. The highest BCUT2D eigenvalue weighted by Gasteiger charge is 2.02. The van der Waals surface area contributed by atoms with Crippen LogP contribution in [0.2, 0.25) is 0 Å². The fourth-order valence-corrected chi connectivity index (χ4v) is 3.05. The third-order valence-corrected chi connectivity index (χ3v) is 4.54. The highest BCUT2D eigenvalue weighted by molar-refractivity contribution is 9.10. The molecule has 2 rings (SSSR count). The monoisotopic (exact) mass is 326 g/mol. The second-order valence-electron chi connectivity index (χ2n) is 3.79. The summed E-state index contributed by atoms with van der Waals surface area (Å²) in [5, 5.41) is 3.34. The summed E-state index contributed by atoms with van der Waals surface area (Å²) in [7, 11) is 0. The summed E-state index contributed by atoms with van der Waals surface area (Å²) in [6.45, 7) is 5.51. The Bertz CT molecular complexity index is 491. The van der Waals surface area contributed by atoms with Crippen LogP contribution in [0, 0.1) is 6.92 Å². The van der Waals surface area contributed by atoms with Crippen molar-refractivity contribution in [2.24, 2.45) is 0 Å². The summed E-state index contributed by atoms with van der Waals surface area (Å²) in [6, 6.07) is 6.00. The number of nitrogens with zero attached hydrogens (tertiary/aromatic N) is 1. The lowest BCUT2D eigenvalue weighted by Crippen LogP contribution is -1.99. The molecule has 0 aliphatic carbocycles. The molecule has 0 saturated carbocycles. The van der Waals surface area contributed by atoms with Gasteiger partial charge in [-0.3, -0.25) is 0 Å². The molecular formula is C13H15BrN2OS. The summed E-state index contributed by atoms with van der Waals surface area (Å²) in [5.41, 5.74) is 1.00. The van der Waals surface area contributed by atoms with E-state index in [2.05, 4.69) is 39.2 Å². The minimum absolute atomic E-state index is 0.641. The number of nitrogens with one attached hydrogen (secondary N) is 1. The van der Waals surface area contributed by atoms with E-state index in [0.717, 1.165) is 12.2 Å². The van der Waals surface area contributed by atoms with Crippen LogP contribution >= 0.6 is 27.3 Å². The molecule has 0 atom stereocenters. The maximum absolute atomic E-state index is 5.30. The molecule has 2 aromatic rings. The van der Waals surface area contributed by atoms with Crippen LogP contribution in [0.5, 0.6) is 5.88 Å². The first kappa shape index (κ1) is 13.4. The van der Waals surface area contributed by atoms with E-state index in [1.807, 2.05) is 19.1 Å². The molecule has 2 heterocycles. The van der Waals surface area contributed by atoms with E-state index in [0.29, 0.717) is 12.5 Å². The van der Waals surface area contributed by atoms with Crippen LogP contribution in [0.4, 0.5) is 5.69 Å². The van der Waals surface area contributed by atoms with E-state index in [1.54, 1.807) is 17.5 Å². The lowest BCUT2D eigenvalue weighted by molar-refractivity contribution is 0.327. The average molecular weight is 327 g/mol. The molecule has 0 fully saturated rings. The SMILES string of the molecule is CCOc1ccc(NCc2cc(Br)c(C)s2)cn1.